The lowest BCUT2D eigenvalue weighted by atomic mass is 10.2. The predicted octanol–water partition coefficient (Wildman–Crippen LogP) is 3.04. The molecule has 0 aliphatic heterocycles. The number of anilines is 1. The molecule has 20 heavy (non-hydrogen) atoms. The van der Waals surface area contributed by atoms with Crippen LogP contribution in [0.25, 0.3) is 0 Å². The minimum absolute atomic E-state index is 0.0640. The molecule has 0 unspecified atom stereocenters. The van der Waals surface area contributed by atoms with Crippen molar-refractivity contribution in [2.75, 3.05) is 5.73 Å². The summed E-state index contributed by atoms with van der Waals surface area (Å²) in [5.74, 6) is -2.05. The van der Waals surface area contributed by atoms with Gasteiger partial charge in [-0.2, -0.15) is 0 Å². The van der Waals surface area contributed by atoms with E-state index in [2.05, 4.69) is 0 Å². The van der Waals surface area contributed by atoms with Gasteiger partial charge in [0, 0.05) is 12.1 Å². The van der Waals surface area contributed by atoms with Gasteiger partial charge < -0.3 is 16.2 Å². The molecule has 104 valence electrons. The lowest BCUT2D eigenvalue weighted by molar-refractivity contribution is 0.0996. The molecule has 4 N–H and O–H groups in total. The molecule has 0 saturated heterocycles. The molecular formula is C13H9F2IN2O2. The number of amides is 1. The number of nitrogen functional groups attached to an aromatic ring is 1. The number of ether oxygens (including phenoxy) is 1. The molecule has 0 aromatic heterocycles. The van der Waals surface area contributed by atoms with Gasteiger partial charge >= 0.3 is 0 Å². The number of hydrogen-bond acceptors (Lipinski definition) is 3. The summed E-state index contributed by atoms with van der Waals surface area (Å²) in [6.45, 7) is 0. The Kier molecular flexibility index (Phi) is 4.07. The van der Waals surface area contributed by atoms with E-state index in [-0.39, 0.29) is 22.7 Å². The summed E-state index contributed by atoms with van der Waals surface area (Å²) >= 11 is 1.79. The molecule has 2 aromatic carbocycles. The molecule has 0 aliphatic carbocycles. The van der Waals surface area contributed by atoms with Crippen molar-refractivity contribution < 1.29 is 18.3 Å². The van der Waals surface area contributed by atoms with E-state index in [1.807, 2.05) is 0 Å². The van der Waals surface area contributed by atoms with E-state index in [0.29, 0.717) is 3.57 Å². The van der Waals surface area contributed by atoms with Gasteiger partial charge in [-0.15, -0.1) is 0 Å². The fourth-order valence-electron chi connectivity index (χ4n) is 1.52. The summed E-state index contributed by atoms with van der Waals surface area (Å²) in [5.41, 5.74) is 10.6. The van der Waals surface area contributed by atoms with Crippen LogP contribution in [-0.2, 0) is 0 Å². The van der Waals surface area contributed by atoms with Gasteiger partial charge in [-0.1, -0.05) is 0 Å². The third-order valence-corrected chi connectivity index (χ3v) is 3.31. The summed E-state index contributed by atoms with van der Waals surface area (Å²) in [5, 5.41) is 0. The van der Waals surface area contributed by atoms with Gasteiger partial charge in [0.2, 0.25) is 0 Å². The Morgan fingerprint density at radius 1 is 1.15 bits per heavy atom. The Hall–Kier alpha value is -1.90. The van der Waals surface area contributed by atoms with Crippen molar-refractivity contribution in [3.8, 4) is 11.5 Å². The highest BCUT2D eigenvalue weighted by atomic mass is 127. The van der Waals surface area contributed by atoms with Gasteiger partial charge in [0.15, 0.2) is 5.75 Å². The molecule has 0 saturated carbocycles. The minimum atomic E-state index is -0.881. The molecular weight excluding hydrogens is 381 g/mol. The number of carbonyl (C=O) groups is 1. The van der Waals surface area contributed by atoms with Gasteiger partial charge in [0.1, 0.15) is 17.4 Å². The van der Waals surface area contributed by atoms with Crippen molar-refractivity contribution in [1.29, 1.82) is 0 Å². The summed E-state index contributed by atoms with van der Waals surface area (Å²) in [6, 6.07) is 6.02. The van der Waals surface area contributed by atoms with Crippen LogP contribution < -0.4 is 16.2 Å². The third-order valence-electron chi connectivity index (χ3n) is 2.49. The Morgan fingerprint density at radius 2 is 1.85 bits per heavy atom. The average Bonchev–Trinajstić information content (AvgIpc) is 2.35. The SMILES string of the molecule is NC(=O)c1ccc(Oc2cc(F)c(I)cc2N)cc1F. The first kappa shape index (κ1) is 14.5. The van der Waals surface area contributed by atoms with Crippen LogP contribution in [0.3, 0.4) is 0 Å². The van der Waals surface area contributed by atoms with Gasteiger partial charge in [0.05, 0.1) is 14.8 Å². The highest BCUT2D eigenvalue weighted by molar-refractivity contribution is 14.1. The number of primary amides is 1. The summed E-state index contributed by atoms with van der Waals surface area (Å²) in [4.78, 5) is 10.9. The van der Waals surface area contributed by atoms with Crippen molar-refractivity contribution >= 4 is 34.2 Å². The second-order valence-electron chi connectivity index (χ2n) is 3.91. The maximum Gasteiger partial charge on any atom is 0.251 e. The van der Waals surface area contributed by atoms with Crippen molar-refractivity contribution in [2.45, 2.75) is 0 Å². The van der Waals surface area contributed by atoms with Crippen LogP contribution in [0.15, 0.2) is 30.3 Å². The third kappa shape index (κ3) is 2.98. The van der Waals surface area contributed by atoms with Gasteiger partial charge in [0.25, 0.3) is 5.91 Å². The predicted molar refractivity (Wildman–Crippen MR) is 78.5 cm³/mol. The number of rotatable bonds is 3. The van der Waals surface area contributed by atoms with Crippen LogP contribution in [0.1, 0.15) is 10.4 Å². The topological polar surface area (TPSA) is 78.3 Å². The number of nitrogens with two attached hydrogens (primary N) is 2. The highest BCUT2D eigenvalue weighted by Crippen LogP contribution is 2.31. The first-order valence-corrected chi connectivity index (χ1v) is 6.48. The Balaban J connectivity index is 2.33. The summed E-state index contributed by atoms with van der Waals surface area (Å²) < 4.78 is 32.6. The summed E-state index contributed by atoms with van der Waals surface area (Å²) in [7, 11) is 0. The van der Waals surface area contributed by atoms with Crippen molar-refractivity contribution in [3.63, 3.8) is 0 Å². The van der Waals surface area contributed by atoms with Crippen molar-refractivity contribution in [2.24, 2.45) is 5.73 Å². The van der Waals surface area contributed by atoms with Crippen LogP contribution in [0.2, 0.25) is 0 Å². The molecule has 0 atom stereocenters. The maximum atomic E-state index is 13.6. The number of halogens is 3. The number of carbonyl (C=O) groups excluding carboxylic acids is 1. The molecule has 0 spiro atoms. The standard InChI is InChI=1S/C13H9F2IN2O2/c14-8-3-6(1-2-7(8)13(18)19)20-12-4-9(15)10(16)5-11(12)17/h1-5H,17H2,(H2,18,19). The monoisotopic (exact) mass is 390 g/mol. The van der Waals surface area contributed by atoms with E-state index < -0.39 is 17.5 Å². The molecule has 0 fully saturated rings. The smallest absolute Gasteiger partial charge is 0.251 e. The molecule has 0 bridgehead atoms. The first-order chi connectivity index (χ1) is 9.38. The molecule has 1 amide bonds. The van der Waals surface area contributed by atoms with Gasteiger partial charge in [-0.3, -0.25) is 4.79 Å². The van der Waals surface area contributed by atoms with Gasteiger partial charge in [-0.05, 0) is 40.8 Å². The second kappa shape index (κ2) is 5.61. The molecule has 0 heterocycles. The molecule has 2 aromatic rings. The van der Waals surface area contributed by atoms with Crippen LogP contribution in [-0.4, -0.2) is 5.91 Å². The Bertz CT molecular complexity index is 692. The maximum absolute atomic E-state index is 13.6. The molecule has 2 rings (SSSR count). The lowest BCUT2D eigenvalue weighted by Crippen LogP contribution is -2.12. The Labute approximate surface area is 126 Å². The zero-order chi connectivity index (χ0) is 14.9. The molecule has 7 heteroatoms. The van der Waals surface area contributed by atoms with Crippen molar-refractivity contribution in [3.05, 3.63) is 51.1 Å². The van der Waals surface area contributed by atoms with Crippen LogP contribution in [0.5, 0.6) is 11.5 Å². The fourth-order valence-corrected chi connectivity index (χ4v) is 2.01. The quantitative estimate of drug-likeness (QED) is 0.625. The van der Waals surface area contributed by atoms with Crippen LogP contribution >= 0.6 is 22.6 Å². The van der Waals surface area contributed by atoms with E-state index >= 15 is 0 Å². The fraction of sp³-hybridized carbons (Fsp3) is 0. The number of hydrogen-bond donors (Lipinski definition) is 2. The minimum Gasteiger partial charge on any atom is -0.455 e. The largest absolute Gasteiger partial charge is 0.455 e. The van der Waals surface area contributed by atoms with E-state index in [4.69, 9.17) is 16.2 Å². The van der Waals surface area contributed by atoms with E-state index in [1.54, 1.807) is 22.6 Å². The van der Waals surface area contributed by atoms with Crippen LogP contribution in [0, 0.1) is 15.2 Å². The first-order valence-electron chi connectivity index (χ1n) is 5.40. The second-order valence-corrected chi connectivity index (χ2v) is 5.07. The molecule has 0 aliphatic rings. The molecule has 4 nitrogen and oxygen atoms in total. The van der Waals surface area contributed by atoms with Gasteiger partial charge in [-0.25, -0.2) is 8.78 Å². The van der Waals surface area contributed by atoms with Crippen LogP contribution in [0.4, 0.5) is 14.5 Å². The van der Waals surface area contributed by atoms with Crippen molar-refractivity contribution in [1.82, 2.24) is 0 Å². The summed E-state index contributed by atoms with van der Waals surface area (Å²) in [6.07, 6.45) is 0. The molecule has 0 radical (unpaired) electrons. The highest BCUT2D eigenvalue weighted by Gasteiger charge is 2.12. The van der Waals surface area contributed by atoms with E-state index in [9.17, 15) is 13.6 Å². The zero-order valence-corrected chi connectivity index (χ0v) is 12.1. The Morgan fingerprint density at radius 3 is 2.45 bits per heavy atom. The zero-order valence-electron chi connectivity index (χ0n) is 9.99. The normalized spacial score (nSPS) is 10.3. The lowest BCUT2D eigenvalue weighted by Gasteiger charge is -2.10. The average molecular weight is 390 g/mol. The van der Waals surface area contributed by atoms with E-state index in [1.165, 1.54) is 18.2 Å². The number of benzene rings is 2. The van der Waals surface area contributed by atoms with E-state index in [0.717, 1.165) is 12.1 Å².